The van der Waals surface area contributed by atoms with Crippen molar-refractivity contribution in [2.75, 3.05) is 0 Å². The topological polar surface area (TPSA) is 324 Å². The summed E-state index contributed by atoms with van der Waals surface area (Å²) >= 11 is 0. The van der Waals surface area contributed by atoms with Gasteiger partial charge in [-0.15, -0.1) is 0 Å². The lowest BCUT2D eigenvalue weighted by Gasteiger charge is -2.10. The SMILES string of the molecule is O=P(O)(O)Oc1ccc(-c2c3nc(c(-c4ccc(OP(=O)(O)O)cc4)c4ccc([nH]4)c(-c4ccc(OP(=O)(O)O)cc4)c4nc(c(-c5ccc(OP(=O)(O)O)cc5)c5ccc2[nH]5)C=C4)C=C3)cc1. The first-order valence-electron chi connectivity index (χ1n) is 19.7. The predicted octanol–water partition coefficient (Wildman–Crippen LogP) is 9.21. The number of aromatic nitrogens is 4. The van der Waals surface area contributed by atoms with Crippen molar-refractivity contribution < 1.29 is 75.5 Å². The molecule has 2 aliphatic rings. The number of nitrogens with one attached hydrogen (secondary N) is 2. The van der Waals surface area contributed by atoms with Crippen LogP contribution in [0.3, 0.4) is 0 Å². The molecular formula is C44H34N4O16P4. The van der Waals surface area contributed by atoms with Crippen LogP contribution in [0.5, 0.6) is 23.0 Å². The van der Waals surface area contributed by atoms with Crippen LogP contribution >= 0.6 is 31.3 Å². The number of aromatic amines is 2. The fraction of sp³-hybridized carbons (Fsp3) is 0. The third-order valence-electron chi connectivity index (χ3n) is 10.2. The number of phosphoric acid groups is 4. The van der Waals surface area contributed by atoms with Crippen LogP contribution in [-0.2, 0) is 18.3 Å². The Bertz CT molecular complexity index is 3090. The summed E-state index contributed by atoms with van der Waals surface area (Å²) in [6.45, 7) is 0. The zero-order chi connectivity index (χ0) is 48.2. The van der Waals surface area contributed by atoms with Crippen molar-refractivity contribution in [3.05, 3.63) is 144 Å². The fourth-order valence-corrected chi connectivity index (χ4v) is 9.28. The second-order valence-corrected chi connectivity index (χ2v) is 19.6. The average Bonchev–Trinajstić information content (AvgIpc) is 4.09. The molecule has 68 heavy (non-hydrogen) atoms. The minimum atomic E-state index is -4.89. The van der Waals surface area contributed by atoms with E-state index in [1.165, 1.54) is 48.5 Å². The molecule has 0 amide bonds. The molecule has 8 bridgehead atoms. The standard InChI is InChI=1S/C44H34N4O16P4/c49-65(50,51)61-29-9-1-25(2-10-29)41-33-17-19-35(45-33)42(26-3-11-30(12-4-26)62-66(52,53)54)37-21-23-39(47-37)44(28-7-15-32(16-8-28)64-68(58,59)60)40-24-22-38(48-40)43(36-20-18-34(41)46-36)27-5-13-31(14-6-27)63-67(55,56)57/h1-24,45,48H,(H2,49,50,51)(H2,52,53,54)(H2,55,56,57)(H2,58,59,60). The highest BCUT2D eigenvalue weighted by molar-refractivity contribution is 7.47. The molecule has 4 aromatic carbocycles. The molecule has 0 spiro atoms. The van der Waals surface area contributed by atoms with Gasteiger partial charge in [-0.1, -0.05) is 48.5 Å². The molecule has 0 fully saturated rings. The molecule has 10 N–H and O–H groups in total. The van der Waals surface area contributed by atoms with Gasteiger partial charge in [0.15, 0.2) is 0 Å². The van der Waals surface area contributed by atoms with Gasteiger partial charge in [-0.25, -0.2) is 28.2 Å². The molecule has 3 aromatic heterocycles. The number of phosphoric ester groups is 4. The number of rotatable bonds is 12. The van der Waals surface area contributed by atoms with Crippen LogP contribution in [0.2, 0.25) is 0 Å². The van der Waals surface area contributed by atoms with Crippen LogP contribution in [0, 0.1) is 0 Å². The highest BCUT2D eigenvalue weighted by atomic mass is 31.2. The lowest BCUT2D eigenvalue weighted by Crippen LogP contribution is -1.92. The summed E-state index contributed by atoms with van der Waals surface area (Å²) in [5, 5.41) is 0. The molecule has 0 unspecified atom stereocenters. The lowest BCUT2D eigenvalue weighted by molar-refractivity contribution is 0.281. The van der Waals surface area contributed by atoms with Crippen molar-refractivity contribution in [3.8, 4) is 67.5 Å². The maximum atomic E-state index is 11.7. The normalized spacial score (nSPS) is 12.8. The number of fused-ring (bicyclic) bond motifs is 8. The van der Waals surface area contributed by atoms with Gasteiger partial charge in [0.1, 0.15) is 23.0 Å². The van der Waals surface area contributed by atoms with Crippen LogP contribution < -0.4 is 18.1 Å². The maximum absolute atomic E-state index is 11.7. The van der Waals surface area contributed by atoms with Gasteiger partial charge < -0.3 is 28.1 Å². The molecule has 0 radical (unpaired) electrons. The van der Waals surface area contributed by atoms with Gasteiger partial charge in [0.05, 0.1) is 22.8 Å². The van der Waals surface area contributed by atoms with Crippen molar-refractivity contribution in [2.45, 2.75) is 0 Å². The summed E-state index contributed by atoms with van der Waals surface area (Å²) in [6, 6.07) is 31.2. The van der Waals surface area contributed by atoms with Gasteiger partial charge in [-0.3, -0.25) is 39.1 Å². The molecule has 0 aliphatic carbocycles. The summed E-state index contributed by atoms with van der Waals surface area (Å²) < 4.78 is 66.0. The molecular weight excluding hydrogens is 964 g/mol. The Morgan fingerprint density at radius 2 is 0.500 bits per heavy atom. The quantitative estimate of drug-likeness (QED) is 0.0510. The van der Waals surface area contributed by atoms with Gasteiger partial charge in [0.25, 0.3) is 0 Å². The van der Waals surface area contributed by atoms with Crippen LogP contribution in [0.1, 0.15) is 22.8 Å². The van der Waals surface area contributed by atoms with E-state index in [-0.39, 0.29) is 23.0 Å². The highest BCUT2D eigenvalue weighted by Gasteiger charge is 2.23. The first-order chi connectivity index (χ1) is 32.1. The predicted molar refractivity (Wildman–Crippen MR) is 251 cm³/mol. The lowest BCUT2D eigenvalue weighted by atomic mass is 10.0. The summed E-state index contributed by atoms with van der Waals surface area (Å²) in [4.78, 5) is 93.0. The Balaban J connectivity index is 1.37. The van der Waals surface area contributed by atoms with E-state index >= 15 is 0 Å². The second kappa shape index (κ2) is 17.7. The molecule has 9 rings (SSSR count). The van der Waals surface area contributed by atoms with Gasteiger partial charge in [0.2, 0.25) is 0 Å². The molecule has 5 heterocycles. The van der Waals surface area contributed by atoms with Crippen molar-refractivity contribution >= 4 is 77.7 Å². The molecule has 0 saturated carbocycles. The van der Waals surface area contributed by atoms with Crippen molar-refractivity contribution in [3.63, 3.8) is 0 Å². The molecule has 24 heteroatoms. The number of hydrogen-bond donors (Lipinski definition) is 10. The Morgan fingerprint density at radius 1 is 0.309 bits per heavy atom. The third kappa shape index (κ3) is 10.7. The van der Waals surface area contributed by atoms with E-state index in [0.29, 0.717) is 89.4 Å². The average molecular weight is 999 g/mol. The number of hydrogen-bond acceptors (Lipinski definition) is 10. The van der Waals surface area contributed by atoms with E-state index in [1.807, 2.05) is 0 Å². The molecule has 0 saturated heterocycles. The zero-order valence-electron chi connectivity index (χ0n) is 34.4. The summed E-state index contributed by atoms with van der Waals surface area (Å²) in [5.74, 6) is -0.370. The van der Waals surface area contributed by atoms with E-state index < -0.39 is 31.3 Å². The van der Waals surface area contributed by atoms with Crippen LogP contribution in [0.15, 0.2) is 121 Å². The molecule has 7 aromatic rings. The van der Waals surface area contributed by atoms with Crippen molar-refractivity contribution in [1.29, 1.82) is 0 Å². The molecule has 346 valence electrons. The van der Waals surface area contributed by atoms with Crippen LogP contribution in [0.25, 0.3) is 90.9 Å². The Hall–Kier alpha value is -6.72. The smallest absolute Gasteiger partial charge is 0.404 e. The summed E-state index contributed by atoms with van der Waals surface area (Å²) in [7, 11) is -19.6. The minimum Gasteiger partial charge on any atom is -0.404 e. The largest absolute Gasteiger partial charge is 0.524 e. The van der Waals surface area contributed by atoms with Crippen molar-refractivity contribution in [1.82, 2.24) is 19.9 Å². The van der Waals surface area contributed by atoms with Crippen LogP contribution in [-0.4, -0.2) is 59.1 Å². The first-order valence-corrected chi connectivity index (χ1v) is 25.8. The van der Waals surface area contributed by atoms with Gasteiger partial charge in [-0.05, 0) is 119 Å². The van der Waals surface area contributed by atoms with E-state index in [1.54, 1.807) is 97.1 Å². The van der Waals surface area contributed by atoms with Crippen LogP contribution in [0.4, 0.5) is 0 Å². The minimum absolute atomic E-state index is 0.0926. The maximum Gasteiger partial charge on any atom is 0.524 e. The van der Waals surface area contributed by atoms with E-state index in [9.17, 15) is 57.4 Å². The Kier molecular flexibility index (Phi) is 12.1. The summed E-state index contributed by atoms with van der Waals surface area (Å²) in [6.07, 6.45) is 7.08. The second-order valence-electron chi connectivity index (χ2n) is 14.9. The fourth-order valence-electron chi connectivity index (χ4n) is 7.70. The van der Waals surface area contributed by atoms with Gasteiger partial charge >= 0.3 is 31.3 Å². The molecule has 2 aliphatic heterocycles. The zero-order valence-corrected chi connectivity index (χ0v) is 38.0. The monoisotopic (exact) mass is 998 g/mol. The van der Waals surface area contributed by atoms with Gasteiger partial charge in [-0.2, -0.15) is 0 Å². The summed E-state index contributed by atoms with van der Waals surface area (Å²) in [5.41, 5.74) is 8.22. The Morgan fingerprint density at radius 3 is 0.676 bits per heavy atom. The number of H-pyrrole nitrogens is 2. The number of benzene rings is 4. The van der Waals surface area contributed by atoms with E-state index in [2.05, 4.69) is 9.97 Å². The van der Waals surface area contributed by atoms with E-state index in [4.69, 9.17) is 28.1 Å². The molecule has 20 nitrogen and oxygen atoms in total. The Labute approximate surface area is 383 Å². The first kappa shape index (κ1) is 46.4. The highest BCUT2D eigenvalue weighted by Crippen LogP contribution is 2.44. The van der Waals surface area contributed by atoms with Gasteiger partial charge in [0, 0.05) is 44.3 Å². The third-order valence-corrected chi connectivity index (χ3v) is 12.0. The van der Waals surface area contributed by atoms with E-state index in [0.717, 1.165) is 0 Å². The molecule has 0 atom stereocenters. The number of nitrogens with zero attached hydrogens (tertiary/aromatic N) is 2. The van der Waals surface area contributed by atoms with Crippen molar-refractivity contribution in [2.24, 2.45) is 0 Å².